The Hall–Kier alpha value is -3.48. The van der Waals surface area contributed by atoms with Gasteiger partial charge in [-0.2, -0.15) is 0 Å². The van der Waals surface area contributed by atoms with Crippen LogP contribution in [0.1, 0.15) is 15.9 Å². The van der Waals surface area contributed by atoms with Gasteiger partial charge in [0.05, 0.1) is 18.8 Å². The summed E-state index contributed by atoms with van der Waals surface area (Å²) < 4.78 is 0. The molecule has 0 saturated carbocycles. The Balaban J connectivity index is 1.57. The lowest BCUT2D eigenvalue weighted by molar-refractivity contribution is -0.119. The van der Waals surface area contributed by atoms with Crippen molar-refractivity contribution in [2.75, 3.05) is 30.8 Å². The number of rotatable bonds is 8. The number of carbonyl (C=O) groups excluding carboxylic acids is 3. The molecule has 0 fully saturated rings. The fourth-order valence-corrected chi connectivity index (χ4v) is 3.13. The van der Waals surface area contributed by atoms with Crippen LogP contribution in [-0.2, 0) is 9.59 Å². The molecule has 0 atom stereocenters. The minimum absolute atomic E-state index is 0.0120. The van der Waals surface area contributed by atoms with Crippen molar-refractivity contribution in [3.05, 3.63) is 95.0 Å². The molecule has 3 rings (SSSR count). The molecule has 0 heterocycles. The monoisotopic (exact) mass is 435 g/mol. The molecule has 3 aromatic carbocycles. The Morgan fingerprint density at radius 2 is 1.35 bits per heavy atom. The van der Waals surface area contributed by atoms with Crippen LogP contribution in [0.2, 0.25) is 5.02 Å². The van der Waals surface area contributed by atoms with Crippen LogP contribution in [0.4, 0.5) is 11.4 Å². The van der Waals surface area contributed by atoms with Gasteiger partial charge in [-0.05, 0) is 43.4 Å². The highest BCUT2D eigenvalue weighted by Gasteiger charge is 2.16. The van der Waals surface area contributed by atoms with Gasteiger partial charge in [0.15, 0.2) is 5.78 Å². The van der Waals surface area contributed by atoms with Crippen molar-refractivity contribution in [2.24, 2.45) is 0 Å². The van der Waals surface area contributed by atoms with Gasteiger partial charge in [-0.15, -0.1) is 0 Å². The molecule has 158 valence electrons. The zero-order valence-corrected chi connectivity index (χ0v) is 17.7. The summed E-state index contributed by atoms with van der Waals surface area (Å²) in [6, 6.07) is 22.5. The van der Waals surface area contributed by atoms with Crippen LogP contribution in [0.15, 0.2) is 78.9 Å². The van der Waals surface area contributed by atoms with Crippen LogP contribution in [0.25, 0.3) is 0 Å². The van der Waals surface area contributed by atoms with E-state index < -0.39 is 0 Å². The third kappa shape index (κ3) is 6.50. The summed E-state index contributed by atoms with van der Waals surface area (Å²) in [6.07, 6.45) is 0. The van der Waals surface area contributed by atoms with Crippen LogP contribution in [-0.4, -0.2) is 42.6 Å². The molecule has 0 unspecified atom stereocenters. The van der Waals surface area contributed by atoms with Crippen molar-refractivity contribution in [2.45, 2.75) is 0 Å². The van der Waals surface area contributed by atoms with E-state index in [1.54, 1.807) is 84.7 Å². The van der Waals surface area contributed by atoms with Crippen LogP contribution >= 0.6 is 11.6 Å². The van der Waals surface area contributed by atoms with Crippen LogP contribution < -0.4 is 10.6 Å². The number of carbonyl (C=O) groups is 3. The number of nitrogens with zero attached hydrogens (tertiary/aromatic N) is 1. The number of anilines is 2. The normalized spacial score (nSPS) is 10.5. The zero-order valence-electron chi connectivity index (χ0n) is 17.0. The predicted octanol–water partition coefficient (Wildman–Crippen LogP) is 4.08. The quantitative estimate of drug-likeness (QED) is 0.522. The van der Waals surface area contributed by atoms with Crippen molar-refractivity contribution < 1.29 is 14.4 Å². The second-order valence-corrected chi connectivity index (χ2v) is 7.45. The fraction of sp³-hybridized carbons (Fsp3) is 0.125. The highest BCUT2D eigenvalue weighted by atomic mass is 35.5. The fourth-order valence-electron chi connectivity index (χ4n) is 3.00. The number of benzene rings is 3. The van der Waals surface area contributed by atoms with Crippen LogP contribution in [0, 0.1) is 0 Å². The molecule has 2 amide bonds. The first-order valence-electron chi connectivity index (χ1n) is 9.65. The Bertz CT molecular complexity index is 1070. The Labute approximate surface area is 185 Å². The minimum Gasteiger partial charge on any atom is -0.325 e. The average molecular weight is 436 g/mol. The maximum atomic E-state index is 12.8. The highest BCUT2D eigenvalue weighted by Crippen LogP contribution is 2.19. The number of halogens is 1. The van der Waals surface area contributed by atoms with Crippen LogP contribution in [0.5, 0.6) is 0 Å². The van der Waals surface area contributed by atoms with E-state index in [0.717, 1.165) is 0 Å². The van der Waals surface area contributed by atoms with Gasteiger partial charge in [-0.25, -0.2) is 0 Å². The summed E-state index contributed by atoms with van der Waals surface area (Å²) in [5.74, 6) is -0.750. The van der Waals surface area contributed by atoms with E-state index in [1.165, 1.54) is 0 Å². The molecule has 31 heavy (non-hydrogen) atoms. The van der Waals surface area contributed by atoms with E-state index in [4.69, 9.17) is 11.6 Å². The van der Waals surface area contributed by atoms with Crippen molar-refractivity contribution in [3.63, 3.8) is 0 Å². The smallest absolute Gasteiger partial charge is 0.238 e. The molecule has 0 spiro atoms. The molecule has 0 saturated heterocycles. The SMILES string of the molecule is CN(CC(=O)Nc1ccc(Cl)cc1)CC(=O)Nc1ccccc1C(=O)c1ccccc1. The van der Waals surface area contributed by atoms with Gasteiger partial charge in [-0.3, -0.25) is 19.3 Å². The molecule has 0 aliphatic heterocycles. The summed E-state index contributed by atoms with van der Waals surface area (Å²) in [5, 5.41) is 6.10. The summed E-state index contributed by atoms with van der Waals surface area (Å²) in [6.45, 7) is 0.0164. The predicted molar refractivity (Wildman–Crippen MR) is 123 cm³/mol. The van der Waals surface area contributed by atoms with E-state index in [9.17, 15) is 14.4 Å². The number of hydrogen-bond donors (Lipinski definition) is 2. The molecule has 0 radical (unpaired) electrons. The number of ketones is 1. The molecule has 0 bridgehead atoms. The third-order valence-corrected chi connectivity index (χ3v) is 4.69. The first-order valence-corrected chi connectivity index (χ1v) is 10.0. The second-order valence-electron chi connectivity index (χ2n) is 7.02. The Morgan fingerprint density at radius 1 is 0.774 bits per heavy atom. The van der Waals surface area contributed by atoms with Crippen molar-refractivity contribution in [1.29, 1.82) is 0 Å². The van der Waals surface area contributed by atoms with Gasteiger partial charge in [0.1, 0.15) is 0 Å². The van der Waals surface area contributed by atoms with E-state index in [-0.39, 0.29) is 30.7 Å². The molecule has 3 aromatic rings. The van der Waals surface area contributed by atoms with Crippen molar-refractivity contribution in [3.8, 4) is 0 Å². The minimum atomic E-state index is -0.324. The van der Waals surface area contributed by atoms with E-state index in [1.807, 2.05) is 6.07 Å². The lowest BCUT2D eigenvalue weighted by Crippen LogP contribution is -2.36. The molecule has 0 aliphatic rings. The summed E-state index contributed by atoms with van der Waals surface area (Å²) in [5.41, 5.74) is 2.01. The molecule has 0 aromatic heterocycles. The number of nitrogens with one attached hydrogen (secondary N) is 2. The van der Waals surface area contributed by atoms with Gasteiger partial charge >= 0.3 is 0 Å². The average Bonchev–Trinajstić information content (AvgIpc) is 2.75. The van der Waals surface area contributed by atoms with E-state index in [0.29, 0.717) is 27.5 Å². The molecular formula is C24H22ClN3O3. The second kappa shape index (κ2) is 10.5. The number of para-hydroxylation sites is 1. The summed E-state index contributed by atoms with van der Waals surface area (Å²) in [7, 11) is 1.67. The van der Waals surface area contributed by atoms with E-state index >= 15 is 0 Å². The first kappa shape index (κ1) is 22.2. The third-order valence-electron chi connectivity index (χ3n) is 4.44. The lowest BCUT2D eigenvalue weighted by atomic mass is 10.0. The standard InChI is InChI=1S/C24H22ClN3O3/c1-28(15-22(29)26-19-13-11-18(25)12-14-19)16-23(30)27-21-10-6-5-9-20(21)24(31)17-7-3-2-4-8-17/h2-14H,15-16H2,1H3,(H,26,29)(H,27,30). The highest BCUT2D eigenvalue weighted by molar-refractivity contribution is 6.30. The zero-order chi connectivity index (χ0) is 22.2. The summed E-state index contributed by atoms with van der Waals surface area (Å²) in [4.78, 5) is 39.1. The van der Waals surface area contributed by atoms with Crippen molar-refractivity contribution >= 4 is 40.6 Å². The maximum Gasteiger partial charge on any atom is 0.238 e. The van der Waals surface area contributed by atoms with Gasteiger partial charge in [0.2, 0.25) is 11.8 Å². The topological polar surface area (TPSA) is 78.5 Å². The number of amides is 2. The number of likely N-dealkylation sites (N-methyl/N-ethyl adjacent to an activating group) is 1. The van der Waals surface area contributed by atoms with Crippen molar-refractivity contribution in [1.82, 2.24) is 4.90 Å². The van der Waals surface area contributed by atoms with Gasteiger partial charge in [0.25, 0.3) is 0 Å². The first-order chi connectivity index (χ1) is 14.9. The summed E-state index contributed by atoms with van der Waals surface area (Å²) >= 11 is 5.84. The molecule has 0 aliphatic carbocycles. The molecule has 2 N–H and O–H groups in total. The number of hydrogen-bond acceptors (Lipinski definition) is 4. The van der Waals surface area contributed by atoms with Gasteiger partial charge in [0, 0.05) is 21.8 Å². The molecule has 7 heteroatoms. The van der Waals surface area contributed by atoms with E-state index in [2.05, 4.69) is 10.6 Å². The Kier molecular flexibility index (Phi) is 7.54. The molecular weight excluding hydrogens is 414 g/mol. The van der Waals surface area contributed by atoms with Gasteiger partial charge < -0.3 is 10.6 Å². The largest absolute Gasteiger partial charge is 0.325 e. The van der Waals surface area contributed by atoms with Gasteiger partial charge in [-0.1, -0.05) is 54.1 Å². The lowest BCUT2D eigenvalue weighted by Gasteiger charge is -2.17. The Morgan fingerprint density at radius 3 is 2.03 bits per heavy atom. The molecule has 6 nitrogen and oxygen atoms in total. The van der Waals surface area contributed by atoms with Crippen LogP contribution in [0.3, 0.4) is 0 Å². The maximum absolute atomic E-state index is 12.8.